The van der Waals surface area contributed by atoms with E-state index in [0.29, 0.717) is 25.6 Å². The van der Waals surface area contributed by atoms with Crippen LogP contribution in [0.3, 0.4) is 0 Å². The molecule has 0 radical (unpaired) electrons. The molecular formula is C18H38O3S2. The Morgan fingerprint density at radius 3 is 1.70 bits per heavy atom. The number of thiol groups is 2. The molecule has 0 rings (SSSR count). The lowest BCUT2D eigenvalue weighted by Crippen LogP contribution is -2.50. The van der Waals surface area contributed by atoms with E-state index in [1.165, 1.54) is 32.1 Å². The Kier molecular flexibility index (Phi) is 15.3. The Labute approximate surface area is 155 Å². The van der Waals surface area contributed by atoms with Gasteiger partial charge in [0.2, 0.25) is 0 Å². The minimum Gasteiger partial charge on any atom is -0.328 e. The van der Waals surface area contributed by atoms with Crippen molar-refractivity contribution in [3.05, 3.63) is 0 Å². The van der Waals surface area contributed by atoms with Crippen LogP contribution < -0.4 is 0 Å². The van der Waals surface area contributed by atoms with Crippen LogP contribution in [0, 0.1) is 5.92 Å². The van der Waals surface area contributed by atoms with E-state index in [9.17, 15) is 0 Å². The molecule has 0 aliphatic heterocycles. The number of hydrogen-bond acceptors (Lipinski definition) is 5. The SMILES string of the molecule is CCCCCCCCC(C(S)CS)C(OCC)(OCC)OCC. The van der Waals surface area contributed by atoms with Gasteiger partial charge >= 0.3 is 0 Å². The van der Waals surface area contributed by atoms with Gasteiger partial charge in [0, 0.05) is 30.8 Å². The molecule has 0 fully saturated rings. The summed E-state index contributed by atoms with van der Waals surface area (Å²) in [7, 11) is 0. The van der Waals surface area contributed by atoms with E-state index in [2.05, 4.69) is 19.6 Å². The van der Waals surface area contributed by atoms with Crippen molar-refractivity contribution in [3.63, 3.8) is 0 Å². The van der Waals surface area contributed by atoms with E-state index >= 15 is 0 Å². The fraction of sp³-hybridized carbons (Fsp3) is 1.00. The molecule has 0 saturated carbocycles. The fourth-order valence-corrected chi connectivity index (χ4v) is 3.51. The van der Waals surface area contributed by atoms with Crippen molar-refractivity contribution in [2.75, 3.05) is 25.6 Å². The van der Waals surface area contributed by atoms with Gasteiger partial charge in [-0.2, -0.15) is 25.3 Å². The van der Waals surface area contributed by atoms with Crippen LogP contribution in [-0.2, 0) is 14.2 Å². The van der Waals surface area contributed by atoms with Gasteiger partial charge in [0.15, 0.2) is 0 Å². The third kappa shape index (κ3) is 9.01. The van der Waals surface area contributed by atoms with Gasteiger partial charge in [-0.1, -0.05) is 45.4 Å². The highest BCUT2D eigenvalue weighted by atomic mass is 32.1. The van der Waals surface area contributed by atoms with Gasteiger partial charge in [-0.3, -0.25) is 0 Å². The third-order valence-electron chi connectivity index (χ3n) is 4.01. The monoisotopic (exact) mass is 366 g/mol. The van der Waals surface area contributed by atoms with Gasteiger partial charge in [-0.15, -0.1) is 0 Å². The van der Waals surface area contributed by atoms with Crippen LogP contribution in [-0.4, -0.2) is 36.8 Å². The molecule has 2 unspecified atom stereocenters. The largest absolute Gasteiger partial charge is 0.328 e. The molecule has 3 nitrogen and oxygen atoms in total. The third-order valence-corrected chi connectivity index (χ3v) is 5.23. The second-order valence-corrected chi connectivity index (χ2v) is 6.84. The van der Waals surface area contributed by atoms with Crippen LogP contribution in [0.2, 0.25) is 0 Å². The molecule has 0 aliphatic carbocycles. The lowest BCUT2D eigenvalue weighted by Gasteiger charge is -2.41. The summed E-state index contributed by atoms with van der Waals surface area (Å²) in [6, 6.07) is 0. The summed E-state index contributed by atoms with van der Waals surface area (Å²) in [5, 5.41) is 0.0821. The number of ether oxygens (including phenoxy) is 3. The molecule has 0 aromatic heterocycles. The quantitative estimate of drug-likeness (QED) is 0.219. The molecule has 0 amide bonds. The van der Waals surface area contributed by atoms with Crippen LogP contribution in [0.4, 0.5) is 0 Å². The molecule has 2 atom stereocenters. The zero-order valence-electron chi connectivity index (χ0n) is 15.6. The smallest absolute Gasteiger partial charge is 0.286 e. The molecule has 0 N–H and O–H groups in total. The zero-order valence-corrected chi connectivity index (χ0v) is 17.3. The van der Waals surface area contributed by atoms with Gasteiger partial charge < -0.3 is 14.2 Å². The van der Waals surface area contributed by atoms with E-state index in [0.717, 1.165) is 12.8 Å². The maximum absolute atomic E-state index is 5.96. The molecular weight excluding hydrogens is 328 g/mol. The first kappa shape index (κ1) is 23.6. The molecule has 0 heterocycles. The molecule has 0 bridgehead atoms. The molecule has 5 heteroatoms. The minimum absolute atomic E-state index is 0.0781. The zero-order chi connectivity index (χ0) is 17.6. The van der Waals surface area contributed by atoms with E-state index in [1.807, 2.05) is 20.8 Å². The highest BCUT2D eigenvalue weighted by molar-refractivity contribution is 7.84. The van der Waals surface area contributed by atoms with Crippen molar-refractivity contribution in [2.45, 2.75) is 83.9 Å². The van der Waals surface area contributed by atoms with E-state index < -0.39 is 5.97 Å². The Bertz CT molecular complexity index is 248. The van der Waals surface area contributed by atoms with Gasteiger partial charge in [-0.25, -0.2) is 0 Å². The van der Waals surface area contributed by atoms with Crippen LogP contribution in [0.1, 0.15) is 72.6 Å². The predicted molar refractivity (Wildman–Crippen MR) is 106 cm³/mol. The average Bonchev–Trinajstić information content (AvgIpc) is 2.54. The van der Waals surface area contributed by atoms with Gasteiger partial charge in [-0.05, 0) is 27.2 Å². The first-order valence-corrected chi connectivity index (χ1v) is 10.5. The topological polar surface area (TPSA) is 27.7 Å². The summed E-state index contributed by atoms with van der Waals surface area (Å²) >= 11 is 9.18. The van der Waals surface area contributed by atoms with Crippen molar-refractivity contribution in [3.8, 4) is 0 Å². The van der Waals surface area contributed by atoms with Crippen molar-refractivity contribution in [1.82, 2.24) is 0 Å². The average molecular weight is 367 g/mol. The maximum atomic E-state index is 5.96. The van der Waals surface area contributed by atoms with Crippen LogP contribution >= 0.6 is 25.3 Å². The number of unbranched alkanes of at least 4 members (excludes halogenated alkanes) is 5. The van der Waals surface area contributed by atoms with Crippen LogP contribution in [0.5, 0.6) is 0 Å². The summed E-state index contributed by atoms with van der Waals surface area (Å²) in [6.07, 6.45) is 8.60. The Hall–Kier alpha value is 0.580. The first-order valence-electron chi connectivity index (χ1n) is 9.32. The van der Waals surface area contributed by atoms with Gasteiger partial charge in [0.05, 0.1) is 5.92 Å². The summed E-state index contributed by atoms with van der Waals surface area (Å²) in [6.45, 7) is 9.84. The van der Waals surface area contributed by atoms with Crippen molar-refractivity contribution >= 4 is 25.3 Å². The van der Waals surface area contributed by atoms with Crippen LogP contribution in [0.15, 0.2) is 0 Å². The summed E-state index contributed by atoms with van der Waals surface area (Å²) in [4.78, 5) is 0. The highest BCUT2D eigenvalue weighted by Crippen LogP contribution is 2.35. The second kappa shape index (κ2) is 14.9. The fourth-order valence-electron chi connectivity index (χ4n) is 2.93. The molecule has 0 aromatic carbocycles. The Morgan fingerprint density at radius 1 is 0.783 bits per heavy atom. The Morgan fingerprint density at radius 2 is 1.26 bits per heavy atom. The number of hydrogen-bond donors (Lipinski definition) is 2. The summed E-state index contributed by atoms with van der Waals surface area (Å²) < 4.78 is 17.9. The molecule has 0 aliphatic rings. The van der Waals surface area contributed by atoms with Crippen molar-refractivity contribution in [1.29, 1.82) is 0 Å². The molecule has 0 saturated heterocycles. The first-order chi connectivity index (χ1) is 11.1. The van der Waals surface area contributed by atoms with Gasteiger partial charge in [0.1, 0.15) is 0 Å². The standard InChI is InChI=1S/C18H38O3S2/c1-5-9-10-11-12-13-14-16(17(23)15-22)18(19-6-2,20-7-3)21-8-4/h16-17,22-23H,5-15H2,1-4H3. The predicted octanol–water partition coefficient (Wildman–Crippen LogP) is 5.34. The molecule has 0 aromatic rings. The molecule has 23 heavy (non-hydrogen) atoms. The number of rotatable bonds is 16. The summed E-state index contributed by atoms with van der Waals surface area (Å²) in [5.41, 5.74) is 0. The van der Waals surface area contributed by atoms with E-state index in [-0.39, 0.29) is 11.2 Å². The van der Waals surface area contributed by atoms with E-state index in [4.69, 9.17) is 26.8 Å². The normalized spacial score (nSPS) is 14.9. The summed E-state index contributed by atoms with van der Waals surface area (Å²) in [5.74, 6) is -0.232. The lowest BCUT2D eigenvalue weighted by atomic mass is 9.94. The second-order valence-electron chi connectivity index (χ2n) is 5.82. The Balaban J connectivity index is 4.83. The lowest BCUT2D eigenvalue weighted by molar-refractivity contribution is -0.401. The molecule has 140 valence electrons. The van der Waals surface area contributed by atoms with Gasteiger partial charge in [0.25, 0.3) is 5.97 Å². The highest BCUT2D eigenvalue weighted by Gasteiger charge is 2.44. The van der Waals surface area contributed by atoms with E-state index in [1.54, 1.807) is 0 Å². The maximum Gasteiger partial charge on any atom is 0.286 e. The van der Waals surface area contributed by atoms with Crippen LogP contribution in [0.25, 0.3) is 0 Å². The van der Waals surface area contributed by atoms with Crippen molar-refractivity contribution < 1.29 is 14.2 Å². The van der Waals surface area contributed by atoms with Crippen molar-refractivity contribution in [2.24, 2.45) is 5.92 Å². The minimum atomic E-state index is -0.989. The molecule has 0 spiro atoms.